The molecule has 1 aromatic heterocycles. The summed E-state index contributed by atoms with van der Waals surface area (Å²) in [6.07, 6.45) is 0. The zero-order valence-electron chi connectivity index (χ0n) is 14.7. The van der Waals surface area contributed by atoms with Gasteiger partial charge < -0.3 is 10.2 Å². The molecule has 3 aromatic rings. The van der Waals surface area contributed by atoms with Crippen molar-refractivity contribution < 1.29 is 0 Å². The lowest BCUT2D eigenvalue weighted by Gasteiger charge is -2.36. The molecule has 5 rings (SSSR count). The summed E-state index contributed by atoms with van der Waals surface area (Å²) in [5, 5.41) is 13.0. The van der Waals surface area contributed by atoms with Crippen LogP contribution in [-0.4, -0.2) is 41.1 Å². The molecule has 136 valence electrons. The summed E-state index contributed by atoms with van der Waals surface area (Å²) in [7, 11) is 2.05. The number of benzene rings is 2. The standard InChI is InChI=1S/C20H18ClN5O/c1-26-10-9-22-19(26)16-17(11-5-7-12(21)8-6-11)23-14-4-2-3-13-15(14)18(16)24-25-20(13)27/h2-8,16-17,23H,9-10H2,1H3,(H,25,27)/t16-,17-/m0/s1. The fraction of sp³-hybridized carbons (Fsp3) is 0.250. The van der Waals surface area contributed by atoms with Gasteiger partial charge in [-0.1, -0.05) is 29.8 Å². The number of halogens is 1. The number of nitrogens with zero attached hydrogens (tertiary/aromatic N) is 3. The average Bonchev–Trinajstić information content (AvgIpc) is 3.10. The third-order valence-electron chi connectivity index (χ3n) is 5.39. The van der Waals surface area contributed by atoms with Gasteiger partial charge in [-0.3, -0.25) is 9.79 Å². The molecule has 0 bridgehead atoms. The zero-order valence-corrected chi connectivity index (χ0v) is 15.5. The molecule has 3 heterocycles. The third-order valence-corrected chi connectivity index (χ3v) is 5.64. The Bertz CT molecular complexity index is 1120. The number of hydrogen-bond donors (Lipinski definition) is 2. The average molecular weight is 380 g/mol. The first-order chi connectivity index (χ1) is 13.1. The van der Waals surface area contributed by atoms with Crippen molar-refractivity contribution in [3.8, 4) is 0 Å². The van der Waals surface area contributed by atoms with Gasteiger partial charge >= 0.3 is 0 Å². The van der Waals surface area contributed by atoms with Crippen LogP contribution in [0.5, 0.6) is 0 Å². The van der Waals surface area contributed by atoms with Gasteiger partial charge in [0, 0.05) is 29.7 Å². The number of nitrogens with one attached hydrogen (secondary N) is 2. The number of anilines is 1. The SMILES string of the molecule is CN1CCN=C1[C@@H]1c2n[nH]c(=O)c3cccc(c23)N[C@H]1c1ccc(Cl)cc1. The topological polar surface area (TPSA) is 73.4 Å². The van der Waals surface area contributed by atoms with Gasteiger partial charge in [-0.05, 0) is 29.8 Å². The summed E-state index contributed by atoms with van der Waals surface area (Å²) >= 11 is 6.10. The van der Waals surface area contributed by atoms with Crippen LogP contribution < -0.4 is 10.9 Å². The van der Waals surface area contributed by atoms with Crippen molar-refractivity contribution in [1.82, 2.24) is 15.1 Å². The van der Waals surface area contributed by atoms with E-state index in [1.165, 1.54) is 0 Å². The predicted octanol–water partition coefficient (Wildman–Crippen LogP) is 3.17. The maximum absolute atomic E-state index is 12.3. The number of aromatic amines is 1. The summed E-state index contributed by atoms with van der Waals surface area (Å²) in [5.74, 6) is 0.880. The maximum atomic E-state index is 12.3. The van der Waals surface area contributed by atoms with E-state index >= 15 is 0 Å². The van der Waals surface area contributed by atoms with Crippen molar-refractivity contribution >= 4 is 33.9 Å². The molecular weight excluding hydrogens is 362 g/mol. The minimum absolute atomic E-state index is 0.0573. The first kappa shape index (κ1) is 16.3. The van der Waals surface area contributed by atoms with Gasteiger partial charge in [0.25, 0.3) is 5.56 Å². The van der Waals surface area contributed by atoms with Crippen LogP contribution in [0.25, 0.3) is 10.8 Å². The van der Waals surface area contributed by atoms with E-state index in [2.05, 4.69) is 20.4 Å². The monoisotopic (exact) mass is 379 g/mol. The normalized spacial score (nSPS) is 21.3. The van der Waals surface area contributed by atoms with Crippen LogP contribution in [0, 0.1) is 0 Å². The molecule has 0 saturated carbocycles. The molecule has 2 aliphatic rings. The number of hydrogen-bond acceptors (Lipinski definition) is 5. The summed E-state index contributed by atoms with van der Waals surface area (Å²) < 4.78 is 0. The maximum Gasteiger partial charge on any atom is 0.272 e. The largest absolute Gasteiger partial charge is 0.377 e. The van der Waals surface area contributed by atoms with E-state index in [1.54, 1.807) is 0 Å². The van der Waals surface area contributed by atoms with Crippen molar-refractivity contribution in [2.45, 2.75) is 12.0 Å². The molecule has 2 aromatic carbocycles. The van der Waals surface area contributed by atoms with E-state index in [-0.39, 0.29) is 17.5 Å². The number of amidine groups is 1. The highest BCUT2D eigenvalue weighted by molar-refractivity contribution is 6.30. The molecule has 2 N–H and O–H groups in total. The lowest BCUT2D eigenvalue weighted by molar-refractivity contribution is 0.518. The first-order valence-corrected chi connectivity index (χ1v) is 9.30. The number of likely N-dealkylation sites (N-methyl/N-ethyl adjacent to an activating group) is 1. The fourth-order valence-corrected chi connectivity index (χ4v) is 4.23. The van der Waals surface area contributed by atoms with Crippen molar-refractivity contribution in [3.63, 3.8) is 0 Å². The second kappa shape index (κ2) is 6.09. The zero-order chi connectivity index (χ0) is 18.5. The Morgan fingerprint density at radius 2 is 2.00 bits per heavy atom. The van der Waals surface area contributed by atoms with E-state index in [9.17, 15) is 4.79 Å². The second-order valence-electron chi connectivity index (χ2n) is 6.98. The summed E-state index contributed by atoms with van der Waals surface area (Å²) in [6, 6.07) is 13.5. The summed E-state index contributed by atoms with van der Waals surface area (Å²) in [5.41, 5.74) is 2.69. The Kier molecular flexibility index (Phi) is 3.68. The molecule has 0 saturated heterocycles. The molecule has 7 heteroatoms. The lowest BCUT2D eigenvalue weighted by atomic mass is 9.83. The fourth-order valence-electron chi connectivity index (χ4n) is 4.10. The van der Waals surface area contributed by atoms with E-state index in [4.69, 9.17) is 16.6 Å². The van der Waals surface area contributed by atoms with Crippen molar-refractivity contribution in [1.29, 1.82) is 0 Å². The van der Waals surface area contributed by atoms with Crippen LogP contribution in [0.4, 0.5) is 5.69 Å². The van der Waals surface area contributed by atoms with E-state index in [0.717, 1.165) is 41.3 Å². The highest BCUT2D eigenvalue weighted by atomic mass is 35.5. The highest BCUT2D eigenvalue weighted by Crippen LogP contribution is 2.44. The Morgan fingerprint density at radius 1 is 1.19 bits per heavy atom. The van der Waals surface area contributed by atoms with Crippen molar-refractivity contribution in [2.75, 3.05) is 25.5 Å². The van der Waals surface area contributed by atoms with Gasteiger partial charge in [0.05, 0.1) is 29.6 Å². The molecule has 0 fully saturated rings. The smallest absolute Gasteiger partial charge is 0.272 e. The van der Waals surface area contributed by atoms with Crippen molar-refractivity contribution in [2.24, 2.45) is 4.99 Å². The van der Waals surface area contributed by atoms with Crippen LogP contribution in [-0.2, 0) is 0 Å². The van der Waals surface area contributed by atoms with E-state index in [0.29, 0.717) is 10.4 Å². The molecule has 2 atom stereocenters. The second-order valence-corrected chi connectivity index (χ2v) is 7.42. The molecule has 0 aliphatic carbocycles. The Labute approximate surface area is 160 Å². The van der Waals surface area contributed by atoms with E-state index < -0.39 is 0 Å². The van der Waals surface area contributed by atoms with Gasteiger partial charge in [-0.2, -0.15) is 5.10 Å². The molecule has 0 amide bonds. The van der Waals surface area contributed by atoms with Gasteiger partial charge in [0.15, 0.2) is 0 Å². The third kappa shape index (κ3) is 2.51. The van der Waals surface area contributed by atoms with E-state index in [1.807, 2.05) is 49.5 Å². The quantitative estimate of drug-likeness (QED) is 0.717. The molecule has 0 unspecified atom stereocenters. The van der Waals surface area contributed by atoms with Crippen LogP contribution in [0.2, 0.25) is 5.02 Å². The molecule has 0 radical (unpaired) electrons. The van der Waals surface area contributed by atoms with Crippen LogP contribution in [0.3, 0.4) is 0 Å². The molecule has 6 nitrogen and oxygen atoms in total. The van der Waals surface area contributed by atoms with Gasteiger partial charge in [0.2, 0.25) is 0 Å². The highest BCUT2D eigenvalue weighted by Gasteiger charge is 2.39. The molecule has 27 heavy (non-hydrogen) atoms. The first-order valence-electron chi connectivity index (χ1n) is 8.92. The van der Waals surface area contributed by atoms with Gasteiger partial charge in [-0.15, -0.1) is 0 Å². The van der Waals surface area contributed by atoms with Crippen molar-refractivity contribution in [3.05, 3.63) is 69.1 Å². The number of rotatable bonds is 2. The Hall–Kier alpha value is -2.86. The molecular formula is C20H18ClN5O. The molecule has 0 spiro atoms. The lowest BCUT2D eigenvalue weighted by Crippen LogP contribution is -2.37. The minimum Gasteiger partial charge on any atom is -0.377 e. The van der Waals surface area contributed by atoms with Gasteiger partial charge in [-0.25, -0.2) is 5.10 Å². The minimum atomic E-state index is -0.178. The Balaban J connectivity index is 1.77. The van der Waals surface area contributed by atoms with Crippen LogP contribution >= 0.6 is 11.6 Å². The summed E-state index contributed by atoms with van der Waals surface area (Å²) in [6.45, 7) is 1.65. The van der Waals surface area contributed by atoms with Gasteiger partial charge in [0.1, 0.15) is 5.84 Å². The summed E-state index contributed by atoms with van der Waals surface area (Å²) in [4.78, 5) is 19.2. The Morgan fingerprint density at radius 3 is 2.74 bits per heavy atom. The predicted molar refractivity (Wildman–Crippen MR) is 108 cm³/mol. The van der Waals surface area contributed by atoms with Crippen LogP contribution in [0.1, 0.15) is 23.2 Å². The van der Waals surface area contributed by atoms with Crippen LogP contribution in [0.15, 0.2) is 52.3 Å². The number of H-pyrrole nitrogens is 1. The number of aromatic nitrogens is 2. The molecule has 2 aliphatic heterocycles. The number of aliphatic imine (C=N–C) groups is 1.